The molecule has 15 heavy (non-hydrogen) atoms. The van der Waals surface area contributed by atoms with Crippen LogP contribution in [0.3, 0.4) is 0 Å². The van der Waals surface area contributed by atoms with Crippen LogP contribution in [0.1, 0.15) is 19.8 Å². The molecule has 1 aromatic heterocycles. The lowest BCUT2D eigenvalue weighted by atomic mass is 10.1. The van der Waals surface area contributed by atoms with Gasteiger partial charge in [-0.15, -0.1) is 0 Å². The number of nitrogens with one attached hydrogen (secondary N) is 1. The Bertz CT molecular complexity index is 324. The Kier molecular flexibility index (Phi) is 3.09. The van der Waals surface area contributed by atoms with E-state index in [1.54, 1.807) is 0 Å². The Morgan fingerprint density at radius 1 is 1.53 bits per heavy atom. The van der Waals surface area contributed by atoms with Gasteiger partial charge in [0.25, 0.3) is 0 Å². The number of rotatable bonds is 3. The largest absolute Gasteiger partial charge is 0.373 e. The Labute approximate surface area is 91.5 Å². The minimum Gasteiger partial charge on any atom is -0.373 e. The number of hydrogen-bond acceptors (Lipinski definition) is 3. The van der Waals surface area contributed by atoms with Crippen molar-refractivity contribution in [2.24, 2.45) is 5.92 Å². The summed E-state index contributed by atoms with van der Waals surface area (Å²) in [6, 6.07) is 6.16. The highest BCUT2D eigenvalue weighted by Crippen LogP contribution is 2.24. The van der Waals surface area contributed by atoms with Crippen LogP contribution in [0.25, 0.3) is 0 Å². The summed E-state index contributed by atoms with van der Waals surface area (Å²) in [4.78, 5) is 6.94. The van der Waals surface area contributed by atoms with Gasteiger partial charge in [0.2, 0.25) is 0 Å². The predicted octanol–water partition coefficient (Wildman–Crippen LogP) is 2.36. The van der Waals surface area contributed by atoms with Crippen LogP contribution in [0.15, 0.2) is 18.2 Å². The molecule has 2 rings (SSSR count). The Morgan fingerprint density at radius 2 is 2.40 bits per heavy atom. The summed E-state index contributed by atoms with van der Waals surface area (Å²) in [5.41, 5.74) is 0. The van der Waals surface area contributed by atoms with Crippen LogP contribution >= 0.6 is 0 Å². The van der Waals surface area contributed by atoms with E-state index in [4.69, 9.17) is 0 Å². The predicted molar refractivity (Wildman–Crippen MR) is 64.4 cm³/mol. The van der Waals surface area contributed by atoms with Crippen LogP contribution in [0.2, 0.25) is 0 Å². The zero-order valence-electron chi connectivity index (χ0n) is 9.53. The first-order chi connectivity index (χ1) is 7.33. The zero-order valence-corrected chi connectivity index (χ0v) is 9.53. The van der Waals surface area contributed by atoms with Crippen molar-refractivity contribution in [1.82, 2.24) is 4.98 Å². The number of anilines is 2. The Morgan fingerprint density at radius 3 is 3.07 bits per heavy atom. The van der Waals surface area contributed by atoms with E-state index in [1.165, 1.54) is 12.8 Å². The highest BCUT2D eigenvalue weighted by Gasteiger charge is 2.21. The van der Waals surface area contributed by atoms with Crippen LogP contribution in [0, 0.1) is 5.92 Å². The normalized spacial score (nSPS) is 20.7. The number of hydrogen-bond donors (Lipinski definition) is 1. The highest BCUT2D eigenvalue weighted by atomic mass is 15.2. The second kappa shape index (κ2) is 4.51. The molecule has 1 N–H and O–H groups in total. The van der Waals surface area contributed by atoms with Crippen molar-refractivity contribution >= 4 is 11.6 Å². The second-order valence-electron chi connectivity index (χ2n) is 4.14. The average molecular weight is 205 g/mol. The third-order valence-electron chi connectivity index (χ3n) is 3.18. The van der Waals surface area contributed by atoms with E-state index in [9.17, 15) is 0 Å². The van der Waals surface area contributed by atoms with Gasteiger partial charge >= 0.3 is 0 Å². The number of pyridine rings is 1. The summed E-state index contributed by atoms with van der Waals surface area (Å²) in [6.07, 6.45) is 2.59. The van der Waals surface area contributed by atoms with Crippen molar-refractivity contribution in [1.29, 1.82) is 0 Å². The van der Waals surface area contributed by atoms with Crippen molar-refractivity contribution in [2.45, 2.75) is 19.8 Å². The summed E-state index contributed by atoms with van der Waals surface area (Å²) in [5.74, 6) is 2.91. The lowest BCUT2D eigenvalue weighted by Crippen LogP contribution is -2.20. The minimum atomic E-state index is 0.852. The van der Waals surface area contributed by atoms with Gasteiger partial charge in [0, 0.05) is 20.1 Å². The first kappa shape index (κ1) is 10.3. The topological polar surface area (TPSA) is 28.2 Å². The van der Waals surface area contributed by atoms with Gasteiger partial charge in [-0.05, 0) is 24.5 Å². The van der Waals surface area contributed by atoms with Gasteiger partial charge in [0.05, 0.1) is 0 Å². The first-order valence-electron chi connectivity index (χ1n) is 5.73. The molecule has 1 saturated heterocycles. The lowest BCUT2D eigenvalue weighted by Gasteiger charge is -2.17. The molecule has 1 fully saturated rings. The average Bonchev–Trinajstić information content (AvgIpc) is 2.78. The van der Waals surface area contributed by atoms with E-state index in [2.05, 4.69) is 34.3 Å². The van der Waals surface area contributed by atoms with Gasteiger partial charge in [0.15, 0.2) is 0 Å². The molecule has 82 valence electrons. The molecular weight excluding hydrogens is 186 g/mol. The molecule has 1 aliphatic heterocycles. The van der Waals surface area contributed by atoms with Gasteiger partial charge in [-0.1, -0.05) is 19.4 Å². The molecule has 0 aliphatic carbocycles. The molecule has 3 heteroatoms. The van der Waals surface area contributed by atoms with Crippen LogP contribution in [0.5, 0.6) is 0 Å². The molecule has 0 bridgehead atoms. The molecular formula is C12H19N3. The van der Waals surface area contributed by atoms with E-state index in [1.807, 2.05) is 13.1 Å². The van der Waals surface area contributed by atoms with Crippen molar-refractivity contribution in [3.8, 4) is 0 Å². The van der Waals surface area contributed by atoms with Gasteiger partial charge in [-0.25, -0.2) is 4.98 Å². The summed E-state index contributed by atoms with van der Waals surface area (Å²) < 4.78 is 0. The Balaban J connectivity index is 2.09. The molecule has 3 nitrogen and oxygen atoms in total. The van der Waals surface area contributed by atoms with E-state index >= 15 is 0 Å². The van der Waals surface area contributed by atoms with E-state index in [0.29, 0.717) is 0 Å². The van der Waals surface area contributed by atoms with Crippen LogP contribution in [-0.4, -0.2) is 25.1 Å². The fraction of sp³-hybridized carbons (Fsp3) is 0.583. The summed E-state index contributed by atoms with van der Waals surface area (Å²) in [6.45, 7) is 4.58. The maximum atomic E-state index is 4.56. The molecule has 1 aliphatic rings. The fourth-order valence-electron chi connectivity index (χ4n) is 2.11. The molecule has 2 heterocycles. The minimum absolute atomic E-state index is 0.852. The van der Waals surface area contributed by atoms with Gasteiger partial charge in [-0.2, -0.15) is 0 Å². The SMILES string of the molecule is CCC1CCN(c2cccc(NC)n2)C1. The third kappa shape index (κ3) is 2.22. The van der Waals surface area contributed by atoms with Crippen molar-refractivity contribution in [3.05, 3.63) is 18.2 Å². The van der Waals surface area contributed by atoms with Gasteiger partial charge in [-0.3, -0.25) is 0 Å². The molecule has 0 radical (unpaired) electrons. The monoisotopic (exact) mass is 205 g/mol. The van der Waals surface area contributed by atoms with Crippen LogP contribution in [0.4, 0.5) is 11.6 Å². The maximum absolute atomic E-state index is 4.56. The van der Waals surface area contributed by atoms with Crippen molar-refractivity contribution in [2.75, 3.05) is 30.4 Å². The summed E-state index contributed by atoms with van der Waals surface area (Å²) in [5, 5.41) is 3.08. The van der Waals surface area contributed by atoms with E-state index in [0.717, 1.165) is 30.6 Å². The van der Waals surface area contributed by atoms with Crippen LogP contribution in [-0.2, 0) is 0 Å². The fourth-order valence-corrected chi connectivity index (χ4v) is 2.11. The van der Waals surface area contributed by atoms with E-state index in [-0.39, 0.29) is 0 Å². The third-order valence-corrected chi connectivity index (χ3v) is 3.18. The van der Waals surface area contributed by atoms with Crippen LogP contribution < -0.4 is 10.2 Å². The Hall–Kier alpha value is -1.25. The maximum Gasteiger partial charge on any atom is 0.130 e. The molecule has 1 aromatic rings. The summed E-state index contributed by atoms with van der Waals surface area (Å²) in [7, 11) is 1.91. The van der Waals surface area contributed by atoms with Gasteiger partial charge < -0.3 is 10.2 Å². The molecule has 0 saturated carbocycles. The lowest BCUT2D eigenvalue weighted by molar-refractivity contribution is 0.569. The zero-order chi connectivity index (χ0) is 10.7. The molecule has 0 amide bonds. The summed E-state index contributed by atoms with van der Waals surface area (Å²) >= 11 is 0. The van der Waals surface area contributed by atoms with Gasteiger partial charge in [0.1, 0.15) is 11.6 Å². The smallest absolute Gasteiger partial charge is 0.130 e. The second-order valence-corrected chi connectivity index (χ2v) is 4.14. The number of aromatic nitrogens is 1. The van der Waals surface area contributed by atoms with Crippen molar-refractivity contribution < 1.29 is 0 Å². The number of nitrogens with zero attached hydrogens (tertiary/aromatic N) is 2. The molecule has 1 atom stereocenters. The molecule has 0 spiro atoms. The standard InChI is InChI=1S/C12H19N3/c1-3-10-7-8-15(9-10)12-6-4-5-11(13-2)14-12/h4-6,10H,3,7-9H2,1-2H3,(H,13,14). The van der Waals surface area contributed by atoms with E-state index < -0.39 is 0 Å². The molecule has 1 unspecified atom stereocenters. The molecule has 0 aromatic carbocycles. The quantitative estimate of drug-likeness (QED) is 0.821. The van der Waals surface area contributed by atoms with Crippen molar-refractivity contribution in [3.63, 3.8) is 0 Å². The highest BCUT2D eigenvalue weighted by molar-refractivity contribution is 5.47. The first-order valence-corrected chi connectivity index (χ1v) is 5.73.